The number of phenolic OH excluding ortho intramolecular Hbond substituents is 1. The van der Waals surface area contributed by atoms with Gasteiger partial charge >= 0.3 is 0 Å². The van der Waals surface area contributed by atoms with Gasteiger partial charge in [-0.05, 0) is 12.1 Å². The molecule has 0 saturated carbocycles. The Labute approximate surface area is 65.7 Å². The molecule has 1 aromatic carbocycles. The van der Waals surface area contributed by atoms with Gasteiger partial charge in [0.1, 0.15) is 12.5 Å². The Morgan fingerprint density at radius 3 is 2.45 bits per heavy atom. The molecule has 0 aromatic heterocycles. The summed E-state index contributed by atoms with van der Waals surface area (Å²) in [6.07, 6.45) is 0. The van der Waals surface area contributed by atoms with Crippen LogP contribution in [0.5, 0.6) is 5.75 Å². The van der Waals surface area contributed by atoms with Gasteiger partial charge < -0.3 is 15.2 Å². The summed E-state index contributed by atoms with van der Waals surface area (Å²) in [5.74, 6) is 0.293. The zero-order valence-corrected chi connectivity index (χ0v) is 6.37. The number of benzene rings is 1. The highest BCUT2D eigenvalue weighted by Gasteiger charge is 1.86. The molecule has 1 aromatic rings. The van der Waals surface area contributed by atoms with Crippen LogP contribution >= 0.6 is 0 Å². The Hall–Kier alpha value is -1.51. The summed E-state index contributed by atoms with van der Waals surface area (Å²) in [5.41, 5.74) is 0.926. The van der Waals surface area contributed by atoms with Gasteiger partial charge in [-0.15, -0.1) is 0 Å². The zero-order chi connectivity index (χ0) is 8.69. The van der Waals surface area contributed by atoms with Gasteiger partial charge in [-0.2, -0.15) is 0 Å². The molecule has 1 rings (SSSR count). The molecule has 0 unspecified atom stereocenters. The Kier molecular flexibility index (Phi) is 4.56. The molecule has 0 spiro atoms. The van der Waals surface area contributed by atoms with E-state index in [0.29, 0.717) is 5.75 Å². The van der Waals surface area contributed by atoms with Crippen LogP contribution in [0.1, 0.15) is 0 Å². The van der Waals surface area contributed by atoms with E-state index in [1.807, 2.05) is 19.9 Å². The van der Waals surface area contributed by atoms with E-state index in [0.717, 1.165) is 5.69 Å². The molecule has 2 N–H and O–H groups in total. The van der Waals surface area contributed by atoms with Crippen LogP contribution in [0.15, 0.2) is 24.3 Å². The van der Waals surface area contributed by atoms with Gasteiger partial charge in [0.25, 0.3) is 0 Å². The van der Waals surface area contributed by atoms with Crippen LogP contribution in [0.25, 0.3) is 0 Å². The quantitative estimate of drug-likeness (QED) is 0.638. The Morgan fingerprint density at radius 2 is 2.09 bits per heavy atom. The first-order valence-corrected chi connectivity index (χ1v) is 3.08. The lowest BCUT2D eigenvalue weighted by Gasteiger charge is -1.97. The maximum atomic E-state index is 8.90. The van der Waals surface area contributed by atoms with Crippen molar-refractivity contribution >= 4 is 12.5 Å². The minimum atomic E-state index is 0.293. The van der Waals surface area contributed by atoms with Gasteiger partial charge in [0.15, 0.2) is 0 Å². The molecule has 0 aliphatic heterocycles. The van der Waals surface area contributed by atoms with Crippen molar-refractivity contribution in [1.29, 1.82) is 0 Å². The van der Waals surface area contributed by atoms with E-state index in [-0.39, 0.29) is 0 Å². The molecule has 0 aliphatic rings. The maximum absolute atomic E-state index is 8.90. The smallest absolute Gasteiger partial charge is 0.117 e. The van der Waals surface area contributed by atoms with Crippen LogP contribution in [0.2, 0.25) is 0 Å². The van der Waals surface area contributed by atoms with Crippen molar-refractivity contribution in [3.8, 4) is 5.75 Å². The normalized spacial score (nSPS) is 7.73. The molecule has 0 amide bonds. The highest BCUT2D eigenvalue weighted by Crippen LogP contribution is 2.13. The molecule has 0 heterocycles. The van der Waals surface area contributed by atoms with Crippen molar-refractivity contribution in [1.82, 2.24) is 0 Å². The molecular formula is C8H11NO2. The summed E-state index contributed by atoms with van der Waals surface area (Å²) in [5, 5.41) is 11.8. The Morgan fingerprint density at radius 1 is 1.45 bits per heavy atom. The van der Waals surface area contributed by atoms with Gasteiger partial charge in [-0.1, -0.05) is 6.07 Å². The number of anilines is 1. The predicted octanol–water partition coefficient (Wildman–Crippen LogP) is 1.25. The number of aromatic hydroxyl groups is 1. The molecule has 0 fully saturated rings. The van der Waals surface area contributed by atoms with E-state index in [2.05, 4.69) is 5.32 Å². The lowest BCUT2D eigenvalue weighted by Crippen LogP contribution is -1.85. The van der Waals surface area contributed by atoms with E-state index < -0.39 is 0 Å². The van der Waals surface area contributed by atoms with Crippen molar-refractivity contribution < 1.29 is 9.90 Å². The molecule has 0 saturated heterocycles. The van der Waals surface area contributed by atoms with Crippen LogP contribution in [0.3, 0.4) is 0 Å². The van der Waals surface area contributed by atoms with Gasteiger partial charge in [-0.3, -0.25) is 0 Å². The second-order valence-electron chi connectivity index (χ2n) is 1.80. The first kappa shape index (κ1) is 9.49. The van der Waals surface area contributed by atoms with Gasteiger partial charge in [0.05, 0.1) is 0 Å². The number of carbonyl (C=O) groups is 1. The summed E-state index contributed by atoms with van der Waals surface area (Å²) >= 11 is 0. The lowest BCUT2D eigenvalue weighted by atomic mass is 10.3. The van der Waals surface area contributed by atoms with Gasteiger partial charge in [0.2, 0.25) is 0 Å². The van der Waals surface area contributed by atoms with Crippen LogP contribution in [0, 0.1) is 0 Å². The topological polar surface area (TPSA) is 49.3 Å². The van der Waals surface area contributed by atoms with Crippen molar-refractivity contribution in [3.05, 3.63) is 24.3 Å². The minimum absolute atomic E-state index is 0.293. The molecule has 60 valence electrons. The molecule has 11 heavy (non-hydrogen) atoms. The highest BCUT2D eigenvalue weighted by atomic mass is 16.3. The number of nitrogens with one attached hydrogen (secondary N) is 1. The van der Waals surface area contributed by atoms with Gasteiger partial charge in [0, 0.05) is 18.8 Å². The number of hydrogen-bond donors (Lipinski definition) is 2. The standard InChI is InChI=1S/C7H9NO.CH2O/c1-8-6-3-2-4-7(9)5-6;1-2/h2-5,8-9H,1H3;1H2. The third-order valence-electron chi connectivity index (χ3n) is 1.13. The summed E-state index contributed by atoms with van der Waals surface area (Å²) in [6, 6.07) is 6.99. The monoisotopic (exact) mass is 153 g/mol. The summed E-state index contributed by atoms with van der Waals surface area (Å²) in [7, 11) is 1.81. The fraction of sp³-hybridized carbons (Fsp3) is 0.125. The number of rotatable bonds is 1. The largest absolute Gasteiger partial charge is 0.508 e. The van der Waals surface area contributed by atoms with Crippen molar-refractivity contribution in [3.63, 3.8) is 0 Å². The molecule has 3 heteroatoms. The second kappa shape index (κ2) is 5.29. The maximum Gasteiger partial charge on any atom is 0.117 e. The average Bonchev–Trinajstić information content (AvgIpc) is 2.08. The summed E-state index contributed by atoms with van der Waals surface area (Å²) in [6.45, 7) is 2.00. The van der Waals surface area contributed by atoms with Crippen LogP contribution < -0.4 is 5.32 Å². The molecule has 0 bridgehead atoms. The van der Waals surface area contributed by atoms with Crippen LogP contribution in [-0.4, -0.2) is 18.9 Å². The summed E-state index contributed by atoms with van der Waals surface area (Å²) < 4.78 is 0. The third kappa shape index (κ3) is 3.25. The predicted molar refractivity (Wildman–Crippen MR) is 44.8 cm³/mol. The van der Waals surface area contributed by atoms with Crippen molar-refractivity contribution in [2.45, 2.75) is 0 Å². The zero-order valence-electron chi connectivity index (χ0n) is 6.37. The van der Waals surface area contributed by atoms with Gasteiger partial charge in [-0.25, -0.2) is 0 Å². The minimum Gasteiger partial charge on any atom is -0.508 e. The fourth-order valence-electron chi connectivity index (χ4n) is 0.661. The number of phenols is 1. The highest BCUT2D eigenvalue weighted by molar-refractivity contribution is 5.46. The van der Waals surface area contributed by atoms with Crippen LogP contribution in [-0.2, 0) is 4.79 Å². The molecule has 0 radical (unpaired) electrons. The average molecular weight is 153 g/mol. The van der Waals surface area contributed by atoms with E-state index in [9.17, 15) is 0 Å². The molecule has 0 aliphatic carbocycles. The third-order valence-corrected chi connectivity index (χ3v) is 1.13. The Balaban J connectivity index is 0.000000461. The molecule has 3 nitrogen and oxygen atoms in total. The number of hydrogen-bond acceptors (Lipinski definition) is 3. The summed E-state index contributed by atoms with van der Waals surface area (Å²) in [4.78, 5) is 8.00. The number of carbonyl (C=O) groups excluding carboxylic acids is 1. The van der Waals surface area contributed by atoms with E-state index in [4.69, 9.17) is 9.90 Å². The van der Waals surface area contributed by atoms with Crippen molar-refractivity contribution in [2.75, 3.05) is 12.4 Å². The first-order chi connectivity index (χ1) is 5.33. The lowest BCUT2D eigenvalue weighted by molar-refractivity contribution is -0.0979. The SMILES string of the molecule is C=O.CNc1cccc(O)c1. The molecule has 0 atom stereocenters. The first-order valence-electron chi connectivity index (χ1n) is 3.08. The fourth-order valence-corrected chi connectivity index (χ4v) is 0.661. The second-order valence-corrected chi connectivity index (χ2v) is 1.80. The molecular weight excluding hydrogens is 142 g/mol. The van der Waals surface area contributed by atoms with E-state index in [1.54, 1.807) is 18.2 Å². The van der Waals surface area contributed by atoms with E-state index >= 15 is 0 Å². The Bertz CT molecular complexity index is 213. The van der Waals surface area contributed by atoms with Crippen molar-refractivity contribution in [2.24, 2.45) is 0 Å². The van der Waals surface area contributed by atoms with E-state index in [1.165, 1.54) is 0 Å². The van der Waals surface area contributed by atoms with Crippen LogP contribution in [0.4, 0.5) is 5.69 Å².